The van der Waals surface area contributed by atoms with Crippen LogP contribution in [0.1, 0.15) is 63.1 Å². The number of rotatable bonds is 5. The standard InChI is InChI=1S/C37H27F2N.C7H9F.C2H6/c1-23-21-26-17-19-29-34(24(2)25-11-5-3-6-12-25)32(39)22-27-18-20-30(36(26)35(27)29)37(23)40(28-13-7-4-8-14-28)33-16-10-9-15-31(33)38;1-6-4-2-3-5-7(6)8;1-2/h3-22,24H,1-2H3;2,4H,3,5H2,1H3;1-2H3. The lowest BCUT2D eigenvalue weighted by atomic mass is 9.84. The van der Waals surface area contributed by atoms with Crippen molar-refractivity contribution in [1.82, 2.24) is 0 Å². The fourth-order valence-electron chi connectivity index (χ4n) is 7.07. The molecule has 252 valence electrons. The lowest BCUT2D eigenvalue weighted by Gasteiger charge is -2.30. The minimum Gasteiger partial charge on any atom is -0.307 e. The topological polar surface area (TPSA) is 3.24 Å². The molecular formula is C46H42F3N. The van der Waals surface area contributed by atoms with Gasteiger partial charge in [-0.05, 0) is 100 Å². The zero-order chi connectivity index (χ0) is 35.4. The van der Waals surface area contributed by atoms with Crippen LogP contribution < -0.4 is 4.90 Å². The Bertz CT molecular complexity index is 2300. The summed E-state index contributed by atoms with van der Waals surface area (Å²) in [5, 5.41) is 5.97. The molecule has 1 aliphatic carbocycles. The van der Waals surface area contributed by atoms with Gasteiger partial charge in [-0.1, -0.05) is 118 Å². The van der Waals surface area contributed by atoms with Crippen molar-refractivity contribution in [2.24, 2.45) is 0 Å². The maximum absolute atomic E-state index is 15.8. The number of para-hydroxylation sites is 2. The van der Waals surface area contributed by atoms with Crippen molar-refractivity contribution in [1.29, 1.82) is 0 Å². The molecule has 1 unspecified atom stereocenters. The number of nitrogens with zero attached hydrogens (tertiary/aromatic N) is 1. The third kappa shape index (κ3) is 6.50. The fraction of sp³-hybridized carbons (Fsp3) is 0.174. The van der Waals surface area contributed by atoms with Crippen LogP contribution in [-0.2, 0) is 0 Å². The van der Waals surface area contributed by atoms with Gasteiger partial charge < -0.3 is 4.90 Å². The van der Waals surface area contributed by atoms with Gasteiger partial charge in [0.25, 0.3) is 0 Å². The molecule has 1 atom stereocenters. The number of hydrogen-bond donors (Lipinski definition) is 0. The van der Waals surface area contributed by atoms with Crippen LogP contribution in [0, 0.1) is 18.6 Å². The van der Waals surface area contributed by atoms with Crippen LogP contribution >= 0.6 is 0 Å². The molecule has 0 N–H and O–H groups in total. The number of hydrogen-bond acceptors (Lipinski definition) is 1. The minimum absolute atomic E-state index is 0.0486. The number of halogens is 3. The number of benzene rings is 7. The Hall–Kier alpha value is -5.35. The summed E-state index contributed by atoms with van der Waals surface area (Å²) in [6.45, 7) is 9.93. The summed E-state index contributed by atoms with van der Waals surface area (Å²) in [4.78, 5) is 2.00. The van der Waals surface area contributed by atoms with Crippen LogP contribution in [-0.4, -0.2) is 0 Å². The molecule has 7 aromatic carbocycles. The first-order valence-corrected chi connectivity index (χ1v) is 17.4. The minimum atomic E-state index is -0.294. The molecule has 1 aliphatic rings. The van der Waals surface area contributed by atoms with Gasteiger partial charge in [0.15, 0.2) is 0 Å². The van der Waals surface area contributed by atoms with E-state index >= 15 is 8.78 Å². The number of aryl methyl sites for hydroxylation is 1. The van der Waals surface area contributed by atoms with Crippen molar-refractivity contribution in [3.8, 4) is 0 Å². The van der Waals surface area contributed by atoms with Crippen molar-refractivity contribution in [3.63, 3.8) is 0 Å². The molecule has 0 radical (unpaired) electrons. The monoisotopic (exact) mass is 665 g/mol. The second-order valence-electron chi connectivity index (χ2n) is 12.5. The Balaban J connectivity index is 0.000000378. The zero-order valence-electron chi connectivity index (χ0n) is 29.3. The molecule has 0 amide bonds. The van der Waals surface area contributed by atoms with E-state index in [1.54, 1.807) is 19.1 Å². The Morgan fingerprint density at radius 3 is 1.88 bits per heavy atom. The van der Waals surface area contributed by atoms with E-state index in [1.807, 2.05) is 97.6 Å². The highest BCUT2D eigenvalue weighted by Crippen LogP contribution is 2.47. The number of allylic oxidation sites excluding steroid dienone is 4. The average Bonchev–Trinajstić information content (AvgIpc) is 3.15. The van der Waals surface area contributed by atoms with Crippen LogP contribution in [0.4, 0.5) is 30.2 Å². The summed E-state index contributed by atoms with van der Waals surface area (Å²) in [7, 11) is 0. The van der Waals surface area contributed by atoms with Crippen molar-refractivity contribution < 1.29 is 13.2 Å². The summed E-state index contributed by atoms with van der Waals surface area (Å²) >= 11 is 0. The third-order valence-corrected chi connectivity index (χ3v) is 9.45. The van der Waals surface area contributed by atoms with E-state index < -0.39 is 0 Å². The van der Waals surface area contributed by atoms with E-state index in [0.717, 1.165) is 66.8 Å². The van der Waals surface area contributed by atoms with E-state index in [9.17, 15) is 4.39 Å². The molecule has 50 heavy (non-hydrogen) atoms. The van der Waals surface area contributed by atoms with Crippen LogP contribution in [0.5, 0.6) is 0 Å². The van der Waals surface area contributed by atoms with Crippen LogP contribution in [0.3, 0.4) is 0 Å². The van der Waals surface area contributed by atoms with Crippen molar-refractivity contribution in [2.45, 2.75) is 53.4 Å². The Morgan fingerprint density at radius 1 is 0.640 bits per heavy atom. The molecular weight excluding hydrogens is 624 g/mol. The first kappa shape index (κ1) is 34.5. The Labute approximate surface area is 293 Å². The average molecular weight is 666 g/mol. The van der Waals surface area contributed by atoms with Gasteiger partial charge >= 0.3 is 0 Å². The van der Waals surface area contributed by atoms with E-state index in [-0.39, 0.29) is 23.4 Å². The van der Waals surface area contributed by atoms with Crippen LogP contribution in [0.15, 0.2) is 145 Å². The van der Waals surface area contributed by atoms with Gasteiger partial charge in [0, 0.05) is 29.0 Å². The first-order chi connectivity index (χ1) is 24.3. The first-order valence-electron chi connectivity index (χ1n) is 17.4. The largest absolute Gasteiger partial charge is 0.307 e. The molecule has 0 saturated carbocycles. The van der Waals surface area contributed by atoms with E-state index in [4.69, 9.17) is 0 Å². The molecule has 4 heteroatoms. The molecule has 0 aromatic heterocycles. The number of anilines is 3. The van der Waals surface area contributed by atoms with Gasteiger partial charge in [-0.2, -0.15) is 0 Å². The predicted molar refractivity (Wildman–Crippen MR) is 207 cm³/mol. The van der Waals surface area contributed by atoms with Crippen LogP contribution in [0.2, 0.25) is 0 Å². The highest BCUT2D eigenvalue weighted by atomic mass is 19.1. The van der Waals surface area contributed by atoms with Gasteiger partial charge in [-0.25, -0.2) is 13.2 Å². The normalized spacial score (nSPS) is 13.2. The molecule has 0 heterocycles. The molecule has 0 fully saturated rings. The molecule has 1 nitrogen and oxygen atoms in total. The summed E-state index contributed by atoms with van der Waals surface area (Å²) in [6.07, 6.45) is 5.29. The maximum Gasteiger partial charge on any atom is 0.147 e. The Morgan fingerprint density at radius 2 is 1.24 bits per heavy atom. The SMILES string of the molecule is CC.CC1=C(F)CCC=C1.Cc1cc2ccc3c(C(C)c4ccccc4)c(F)cc4ccc(c1N(c1ccccc1)c1ccccc1F)c2c43. The Kier molecular flexibility index (Phi) is 10.4. The molecule has 0 saturated heterocycles. The van der Waals surface area contributed by atoms with Gasteiger partial charge in [0.05, 0.1) is 11.4 Å². The summed E-state index contributed by atoms with van der Waals surface area (Å²) in [5.74, 6) is -0.563. The maximum atomic E-state index is 15.8. The van der Waals surface area contributed by atoms with Gasteiger partial charge in [-0.3, -0.25) is 0 Å². The smallest absolute Gasteiger partial charge is 0.147 e. The third-order valence-electron chi connectivity index (χ3n) is 9.45. The lowest BCUT2D eigenvalue weighted by molar-refractivity contribution is 0.578. The molecule has 8 rings (SSSR count). The van der Waals surface area contributed by atoms with Crippen LogP contribution in [0.25, 0.3) is 32.3 Å². The summed E-state index contributed by atoms with van der Waals surface area (Å²) in [6, 6.07) is 38.9. The van der Waals surface area contributed by atoms with Gasteiger partial charge in [0.1, 0.15) is 17.5 Å². The highest BCUT2D eigenvalue weighted by molar-refractivity contribution is 6.26. The van der Waals surface area contributed by atoms with Crippen molar-refractivity contribution >= 4 is 49.4 Å². The van der Waals surface area contributed by atoms with E-state index in [0.29, 0.717) is 17.7 Å². The molecule has 7 aromatic rings. The van der Waals surface area contributed by atoms with Crippen molar-refractivity contribution in [3.05, 3.63) is 173 Å². The summed E-state index contributed by atoms with van der Waals surface area (Å²) < 4.78 is 43.6. The summed E-state index contributed by atoms with van der Waals surface area (Å²) in [5.41, 5.74) is 5.86. The zero-order valence-corrected chi connectivity index (χ0v) is 29.3. The van der Waals surface area contributed by atoms with Crippen molar-refractivity contribution in [2.75, 3.05) is 4.90 Å². The van der Waals surface area contributed by atoms with Gasteiger partial charge in [0.2, 0.25) is 0 Å². The predicted octanol–water partition coefficient (Wildman–Crippen LogP) is 14.4. The van der Waals surface area contributed by atoms with E-state index in [2.05, 4.69) is 50.2 Å². The van der Waals surface area contributed by atoms with Gasteiger partial charge in [-0.15, -0.1) is 0 Å². The fourth-order valence-corrected chi connectivity index (χ4v) is 7.07. The van der Waals surface area contributed by atoms with E-state index in [1.165, 1.54) is 6.07 Å². The highest BCUT2D eigenvalue weighted by Gasteiger charge is 2.25. The molecule has 0 bridgehead atoms. The molecule has 0 aliphatic heterocycles. The second-order valence-corrected chi connectivity index (χ2v) is 12.5. The lowest BCUT2D eigenvalue weighted by Crippen LogP contribution is -2.13. The quantitative estimate of drug-likeness (QED) is 0.165. The molecule has 0 spiro atoms. The second kappa shape index (κ2) is 15.0.